The Balaban J connectivity index is 2.24. The van der Waals surface area contributed by atoms with Crippen molar-refractivity contribution < 1.29 is 26.4 Å². The van der Waals surface area contributed by atoms with E-state index < -0.39 is 15.5 Å². The number of rotatable bonds is 6. The van der Waals surface area contributed by atoms with E-state index in [-0.39, 0.29) is 28.6 Å². The van der Waals surface area contributed by atoms with Crippen LogP contribution >= 0.6 is 23.2 Å². The maximum absolute atomic E-state index is 12.6. The Morgan fingerprint density at radius 1 is 1.15 bits per heavy atom. The van der Waals surface area contributed by atoms with Gasteiger partial charge >= 0.3 is 15.5 Å². The highest BCUT2D eigenvalue weighted by Gasteiger charge is 2.46. The van der Waals surface area contributed by atoms with Gasteiger partial charge in [-0.25, -0.2) is 0 Å². The summed E-state index contributed by atoms with van der Waals surface area (Å²) in [6.45, 7) is 1.50. The highest BCUT2D eigenvalue weighted by Crippen LogP contribution is 2.29. The maximum atomic E-state index is 12.6. The van der Waals surface area contributed by atoms with E-state index in [1.165, 1.54) is 23.8 Å². The Bertz CT molecular complexity index is 964. The second-order valence-electron chi connectivity index (χ2n) is 5.32. The SMILES string of the molecule is CC(=NOCc1cccc(Cl)c1)c1cc(Cl)ccc1NS(=O)(=O)C(F)(F)F. The molecule has 0 fully saturated rings. The molecule has 0 aliphatic heterocycles. The van der Waals surface area contributed by atoms with Gasteiger partial charge in [0.1, 0.15) is 6.61 Å². The summed E-state index contributed by atoms with van der Waals surface area (Å²) in [5, 5.41) is 4.51. The number of alkyl halides is 3. The highest BCUT2D eigenvalue weighted by molar-refractivity contribution is 7.93. The molecule has 0 radical (unpaired) electrons. The van der Waals surface area contributed by atoms with Crippen molar-refractivity contribution in [3.05, 3.63) is 63.6 Å². The summed E-state index contributed by atoms with van der Waals surface area (Å²) >= 11 is 11.7. The zero-order valence-electron chi connectivity index (χ0n) is 13.7. The van der Waals surface area contributed by atoms with Crippen molar-refractivity contribution in [2.24, 2.45) is 5.16 Å². The second-order valence-corrected chi connectivity index (χ2v) is 7.87. The van der Waals surface area contributed by atoms with Crippen molar-refractivity contribution in [3.63, 3.8) is 0 Å². The van der Waals surface area contributed by atoms with Gasteiger partial charge in [-0.2, -0.15) is 21.6 Å². The number of halogens is 5. The van der Waals surface area contributed by atoms with Crippen LogP contribution in [0.4, 0.5) is 18.9 Å². The van der Waals surface area contributed by atoms with Crippen LogP contribution in [-0.2, 0) is 21.5 Å². The van der Waals surface area contributed by atoms with E-state index in [9.17, 15) is 21.6 Å². The van der Waals surface area contributed by atoms with E-state index in [1.54, 1.807) is 24.3 Å². The molecule has 2 aromatic carbocycles. The molecule has 146 valence electrons. The minimum absolute atomic E-state index is 0.0430. The van der Waals surface area contributed by atoms with Crippen LogP contribution in [-0.4, -0.2) is 19.6 Å². The van der Waals surface area contributed by atoms with Crippen LogP contribution in [0.1, 0.15) is 18.1 Å². The van der Waals surface area contributed by atoms with Gasteiger partial charge in [0.15, 0.2) is 0 Å². The fourth-order valence-electron chi connectivity index (χ4n) is 1.99. The molecule has 0 bridgehead atoms. The summed E-state index contributed by atoms with van der Waals surface area (Å²) in [4.78, 5) is 5.17. The van der Waals surface area contributed by atoms with E-state index in [1.807, 2.05) is 0 Å². The number of hydrogen-bond acceptors (Lipinski definition) is 4. The average molecular weight is 441 g/mol. The number of oxime groups is 1. The standard InChI is InChI=1S/C16H13Cl2F3N2O3S/c1-10(22-26-9-11-3-2-4-12(17)7-11)14-8-13(18)5-6-15(14)23-27(24,25)16(19,20)21/h2-8,23H,9H2,1H3. The topological polar surface area (TPSA) is 67.8 Å². The Morgan fingerprint density at radius 2 is 1.81 bits per heavy atom. The predicted molar refractivity (Wildman–Crippen MR) is 98.5 cm³/mol. The molecule has 0 aliphatic rings. The molecule has 0 heterocycles. The second kappa shape index (κ2) is 8.37. The van der Waals surface area contributed by atoms with Crippen molar-refractivity contribution >= 4 is 44.6 Å². The van der Waals surface area contributed by atoms with Crippen molar-refractivity contribution in [3.8, 4) is 0 Å². The van der Waals surface area contributed by atoms with Gasteiger partial charge in [0, 0.05) is 15.6 Å². The van der Waals surface area contributed by atoms with Crippen molar-refractivity contribution in [2.75, 3.05) is 4.72 Å². The first-order chi connectivity index (χ1) is 12.5. The third kappa shape index (κ3) is 5.75. The van der Waals surface area contributed by atoms with Gasteiger partial charge < -0.3 is 4.84 Å². The first kappa shape index (κ1) is 21.3. The molecule has 5 nitrogen and oxygen atoms in total. The third-order valence-electron chi connectivity index (χ3n) is 3.24. The molecule has 11 heteroatoms. The molecule has 27 heavy (non-hydrogen) atoms. The quantitative estimate of drug-likeness (QED) is 0.495. The molecular weight excluding hydrogens is 428 g/mol. The molecule has 0 unspecified atom stereocenters. The van der Waals surface area contributed by atoms with Gasteiger partial charge in [0.2, 0.25) is 0 Å². The lowest BCUT2D eigenvalue weighted by molar-refractivity contribution is -0.0429. The van der Waals surface area contributed by atoms with Gasteiger partial charge in [-0.15, -0.1) is 0 Å². The lowest BCUT2D eigenvalue weighted by Crippen LogP contribution is -2.30. The number of nitrogens with one attached hydrogen (secondary N) is 1. The number of sulfonamides is 1. The summed E-state index contributed by atoms with van der Waals surface area (Å²) < 4.78 is 62.0. The summed E-state index contributed by atoms with van der Waals surface area (Å²) in [5.74, 6) is 0. The fourth-order valence-corrected chi connectivity index (χ4v) is 2.96. The smallest absolute Gasteiger partial charge is 0.391 e. The van der Waals surface area contributed by atoms with Crippen LogP contribution in [0, 0.1) is 0 Å². The molecule has 2 aromatic rings. The summed E-state index contributed by atoms with van der Waals surface area (Å²) in [5.41, 5.74) is -4.90. The van der Waals surface area contributed by atoms with Gasteiger partial charge in [-0.05, 0) is 42.8 Å². The van der Waals surface area contributed by atoms with Crippen molar-refractivity contribution in [1.29, 1.82) is 0 Å². The van der Waals surface area contributed by atoms with Crippen molar-refractivity contribution in [1.82, 2.24) is 0 Å². The van der Waals surface area contributed by atoms with Crippen LogP contribution in [0.25, 0.3) is 0 Å². The normalized spacial score (nSPS) is 12.7. The molecule has 0 amide bonds. The van der Waals surface area contributed by atoms with Crippen LogP contribution in [0.3, 0.4) is 0 Å². The summed E-state index contributed by atoms with van der Waals surface area (Å²) in [6.07, 6.45) is 0. The van der Waals surface area contributed by atoms with Crippen LogP contribution in [0.2, 0.25) is 10.0 Å². The number of hydrogen-bond donors (Lipinski definition) is 1. The average Bonchev–Trinajstić information content (AvgIpc) is 2.55. The molecule has 0 atom stereocenters. The zero-order valence-corrected chi connectivity index (χ0v) is 16.0. The number of benzene rings is 2. The summed E-state index contributed by atoms with van der Waals surface area (Å²) in [7, 11) is -5.59. The predicted octanol–water partition coefficient (Wildman–Crippen LogP) is 5.20. The molecule has 0 aromatic heterocycles. The Morgan fingerprint density at radius 3 is 2.44 bits per heavy atom. The third-order valence-corrected chi connectivity index (χ3v) is 4.81. The molecule has 0 saturated heterocycles. The van der Waals surface area contributed by atoms with Gasteiger partial charge in [-0.3, -0.25) is 4.72 Å². The van der Waals surface area contributed by atoms with E-state index in [0.29, 0.717) is 5.02 Å². The number of nitrogens with zero attached hydrogens (tertiary/aromatic N) is 1. The molecule has 0 saturated carbocycles. The Hall–Kier alpha value is -1.97. The zero-order chi connectivity index (χ0) is 20.2. The lowest BCUT2D eigenvalue weighted by Gasteiger charge is -2.14. The first-order valence-electron chi connectivity index (χ1n) is 7.29. The lowest BCUT2D eigenvalue weighted by atomic mass is 10.1. The highest BCUT2D eigenvalue weighted by atomic mass is 35.5. The Labute approximate surface area is 163 Å². The van der Waals surface area contributed by atoms with E-state index >= 15 is 0 Å². The maximum Gasteiger partial charge on any atom is 0.516 e. The molecule has 2 rings (SSSR count). The van der Waals surface area contributed by atoms with E-state index in [0.717, 1.165) is 11.6 Å². The first-order valence-corrected chi connectivity index (χ1v) is 9.53. The molecule has 1 N–H and O–H groups in total. The summed E-state index contributed by atoms with van der Waals surface area (Å²) in [6, 6.07) is 10.4. The van der Waals surface area contributed by atoms with Crippen molar-refractivity contribution in [2.45, 2.75) is 19.0 Å². The molecular formula is C16H13Cl2F3N2O3S. The van der Waals surface area contributed by atoms with Crippen LogP contribution < -0.4 is 4.72 Å². The minimum atomic E-state index is -5.59. The van der Waals surface area contributed by atoms with Gasteiger partial charge in [0.05, 0.1) is 11.4 Å². The molecule has 0 aliphatic carbocycles. The van der Waals surface area contributed by atoms with E-state index in [4.69, 9.17) is 28.0 Å². The molecule has 0 spiro atoms. The van der Waals surface area contributed by atoms with Gasteiger partial charge in [-0.1, -0.05) is 40.5 Å². The fraction of sp³-hybridized carbons (Fsp3) is 0.188. The minimum Gasteiger partial charge on any atom is -0.391 e. The van der Waals surface area contributed by atoms with E-state index in [2.05, 4.69) is 5.16 Å². The largest absolute Gasteiger partial charge is 0.516 e. The Kier molecular flexibility index (Phi) is 6.61. The van der Waals surface area contributed by atoms with Crippen LogP contribution in [0.15, 0.2) is 47.6 Å². The van der Waals surface area contributed by atoms with Crippen LogP contribution in [0.5, 0.6) is 0 Å². The monoisotopic (exact) mass is 440 g/mol. The number of anilines is 1. The van der Waals surface area contributed by atoms with Gasteiger partial charge in [0.25, 0.3) is 0 Å².